The van der Waals surface area contributed by atoms with Gasteiger partial charge in [0.1, 0.15) is 12.4 Å². The number of ether oxygens (including phenoxy) is 3. The average Bonchev–Trinajstić information content (AvgIpc) is 3.34. The van der Waals surface area contributed by atoms with Crippen LogP contribution in [0.3, 0.4) is 0 Å². The third-order valence-corrected chi connectivity index (χ3v) is 5.57. The molecule has 0 saturated carbocycles. The lowest BCUT2D eigenvalue weighted by atomic mass is 10.2. The number of benzene rings is 3. The topological polar surface area (TPSA) is 65.0 Å². The number of rotatable bonds is 11. The Bertz CT molecular complexity index is 1220. The fraction of sp³-hybridized carbons (Fsp3) is 0.185. The highest BCUT2D eigenvalue weighted by Gasteiger charge is 2.07. The Hall–Kier alpha value is -3.84. The summed E-state index contributed by atoms with van der Waals surface area (Å²) in [6, 6.07) is 23.7. The van der Waals surface area contributed by atoms with E-state index in [1.165, 1.54) is 11.3 Å². The molecule has 0 atom stereocenters. The predicted octanol–water partition coefficient (Wildman–Crippen LogP) is 6.63. The maximum atomic E-state index is 5.99. The van der Waals surface area contributed by atoms with E-state index in [1.54, 1.807) is 6.21 Å². The lowest BCUT2D eigenvalue weighted by Crippen LogP contribution is -2.01. The van der Waals surface area contributed by atoms with E-state index >= 15 is 0 Å². The third-order valence-electron chi connectivity index (χ3n) is 4.82. The van der Waals surface area contributed by atoms with E-state index in [0.717, 1.165) is 44.8 Å². The van der Waals surface area contributed by atoms with Gasteiger partial charge in [0.2, 0.25) is 5.13 Å². The summed E-state index contributed by atoms with van der Waals surface area (Å²) in [6.45, 7) is 5.51. The van der Waals surface area contributed by atoms with Gasteiger partial charge in [0.05, 0.1) is 25.1 Å². The molecule has 4 rings (SSSR count). The predicted molar refractivity (Wildman–Crippen MR) is 138 cm³/mol. The fourth-order valence-corrected chi connectivity index (χ4v) is 3.93. The molecule has 0 bridgehead atoms. The average molecular weight is 474 g/mol. The Morgan fingerprint density at radius 2 is 1.71 bits per heavy atom. The molecule has 4 aromatic rings. The minimum atomic E-state index is 0.423. The maximum Gasteiger partial charge on any atom is 0.203 e. The van der Waals surface area contributed by atoms with Crippen LogP contribution in [0.15, 0.2) is 83.3 Å². The van der Waals surface area contributed by atoms with Crippen molar-refractivity contribution in [3.05, 3.63) is 89.3 Å². The largest absolute Gasteiger partial charge is 0.490 e. The molecule has 6 nitrogen and oxygen atoms in total. The molecule has 34 heavy (non-hydrogen) atoms. The van der Waals surface area contributed by atoms with Crippen molar-refractivity contribution in [1.82, 2.24) is 4.98 Å². The van der Waals surface area contributed by atoms with Crippen molar-refractivity contribution in [1.29, 1.82) is 0 Å². The van der Waals surface area contributed by atoms with Crippen molar-refractivity contribution in [3.8, 4) is 28.5 Å². The van der Waals surface area contributed by atoms with Gasteiger partial charge in [-0.05, 0) is 49.2 Å². The van der Waals surface area contributed by atoms with E-state index in [1.807, 2.05) is 92.0 Å². The number of hydrazone groups is 1. The molecule has 0 saturated heterocycles. The molecule has 0 amide bonds. The smallest absolute Gasteiger partial charge is 0.203 e. The first kappa shape index (κ1) is 23.3. The molecule has 174 valence electrons. The SMILES string of the molecule is CCOc1ccc(COc2cccc(C=NNc3nc(-c4ccccc4)cs3)c2)cc1OCC. The van der Waals surface area contributed by atoms with Gasteiger partial charge in [-0.3, -0.25) is 5.43 Å². The summed E-state index contributed by atoms with van der Waals surface area (Å²) in [5.74, 6) is 2.24. The van der Waals surface area contributed by atoms with Crippen LogP contribution >= 0.6 is 11.3 Å². The minimum absolute atomic E-state index is 0.423. The van der Waals surface area contributed by atoms with E-state index in [-0.39, 0.29) is 0 Å². The summed E-state index contributed by atoms with van der Waals surface area (Å²) in [4.78, 5) is 4.58. The van der Waals surface area contributed by atoms with Crippen molar-refractivity contribution in [2.24, 2.45) is 5.10 Å². The van der Waals surface area contributed by atoms with Gasteiger partial charge in [0, 0.05) is 10.9 Å². The third kappa shape index (κ3) is 6.36. The van der Waals surface area contributed by atoms with Gasteiger partial charge in [0.15, 0.2) is 11.5 Å². The van der Waals surface area contributed by atoms with Crippen LogP contribution in [0.25, 0.3) is 11.3 Å². The van der Waals surface area contributed by atoms with Gasteiger partial charge in [-0.2, -0.15) is 5.10 Å². The Balaban J connectivity index is 1.35. The summed E-state index contributed by atoms with van der Waals surface area (Å²) in [5.41, 5.74) is 6.95. The number of nitrogens with one attached hydrogen (secondary N) is 1. The first-order valence-corrected chi connectivity index (χ1v) is 12.0. The maximum absolute atomic E-state index is 5.99. The van der Waals surface area contributed by atoms with Gasteiger partial charge in [-0.1, -0.05) is 48.5 Å². The van der Waals surface area contributed by atoms with Crippen LogP contribution in [-0.4, -0.2) is 24.4 Å². The summed E-state index contributed by atoms with van der Waals surface area (Å²) in [7, 11) is 0. The number of hydrogen-bond donors (Lipinski definition) is 1. The molecular weight excluding hydrogens is 446 g/mol. The zero-order chi connectivity index (χ0) is 23.6. The van der Waals surface area contributed by atoms with Crippen LogP contribution in [0.4, 0.5) is 5.13 Å². The van der Waals surface area contributed by atoms with Crippen molar-refractivity contribution >= 4 is 22.7 Å². The molecule has 0 unspecified atom stereocenters. The van der Waals surface area contributed by atoms with Crippen molar-refractivity contribution in [2.75, 3.05) is 18.6 Å². The van der Waals surface area contributed by atoms with E-state index in [2.05, 4.69) is 15.5 Å². The lowest BCUT2D eigenvalue weighted by molar-refractivity contribution is 0.283. The first-order chi connectivity index (χ1) is 16.7. The van der Waals surface area contributed by atoms with Gasteiger partial charge in [0.25, 0.3) is 0 Å². The van der Waals surface area contributed by atoms with Gasteiger partial charge in [-0.15, -0.1) is 11.3 Å². The van der Waals surface area contributed by atoms with Crippen LogP contribution in [0.5, 0.6) is 17.2 Å². The highest BCUT2D eigenvalue weighted by atomic mass is 32.1. The first-order valence-electron chi connectivity index (χ1n) is 11.2. The number of thiazole rings is 1. The van der Waals surface area contributed by atoms with Crippen molar-refractivity contribution < 1.29 is 14.2 Å². The fourth-order valence-electron chi connectivity index (χ4n) is 3.27. The van der Waals surface area contributed by atoms with Crippen LogP contribution in [-0.2, 0) is 6.61 Å². The number of nitrogens with zero attached hydrogens (tertiary/aromatic N) is 2. The van der Waals surface area contributed by atoms with E-state index in [4.69, 9.17) is 14.2 Å². The van der Waals surface area contributed by atoms with Crippen LogP contribution in [0.2, 0.25) is 0 Å². The quantitative estimate of drug-likeness (QED) is 0.196. The van der Waals surface area contributed by atoms with Gasteiger partial charge >= 0.3 is 0 Å². The molecule has 7 heteroatoms. The zero-order valence-electron chi connectivity index (χ0n) is 19.2. The number of anilines is 1. The minimum Gasteiger partial charge on any atom is -0.490 e. The molecule has 1 aromatic heterocycles. The summed E-state index contributed by atoms with van der Waals surface area (Å²) in [5, 5.41) is 7.08. The van der Waals surface area contributed by atoms with Crippen LogP contribution in [0.1, 0.15) is 25.0 Å². The van der Waals surface area contributed by atoms with Gasteiger partial charge in [-0.25, -0.2) is 4.98 Å². The molecule has 1 heterocycles. The molecule has 0 spiro atoms. The number of aromatic nitrogens is 1. The molecule has 0 fully saturated rings. The molecule has 0 aliphatic heterocycles. The Kier molecular flexibility index (Phi) is 8.13. The van der Waals surface area contributed by atoms with E-state index in [0.29, 0.717) is 19.8 Å². The van der Waals surface area contributed by atoms with E-state index in [9.17, 15) is 0 Å². The monoisotopic (exact) mass is 473 g/mol. The normalized spacial score (nSPS) is 10.9. The summed E-state index contributed by atoms with van der Waals surface area (Å²) < 4.78 is 17.3. The molecule has 1 N–H and O–H groups in total. The highest BCUT2D eigenvalue weighted by Crippen LogP contribution is 2.29. The Labute approximate surface area is 203 Å². The highest BCUT2D eigenvalue weighted by molar-refractivity contribution is 7.14. The standard InChI is InChI=1S/C27H27N3O3S/c1-3-31-25-14-13-21(16-26(25)32-4-2)18-33-23-12-8-9-20(15-23)17-28-30-27-29-24(19-34-27)22-10-6-5-7-11-22/h5-17,19H,3-4,18H2,1-2H3,(H,29,30). The molecule has 3 aromatic carbocycles. The molecular formula is C27H27N3O3S. The molecule has 0 aliphatic carbocycles. The second-order valence-corrected chi connectivity index (χ2v) is 8.14. The second kappa shape index (κ2) is 11.9. The lowest BCUT2D eigenvalue weighted by Gasteiger charge is -2.13. The molecule has 0 aliphatic rings. The zero-order valence-corrected chi connectivity index (χ0v) is 20.0. The van der Waals surface area contributed by atoms with Crippen molar-refractivity contribution in [3.63, 3.8) is 0 Å². The van der Waals surface area contributed by atoms with Gasteiger partial charge < -0.3 is 14.2 Å². The van der Waals surface area contributed by atoms with E-state index < -0.39 is 0 Å². The molecule has 0 radical (unpaired) electrons. The van der Waals surface area contributed by atoms with Crippen molar-refractivity contribution in [2.45, 2.75) is 20.5 Å². The van der Waals surface area contributed by atoms with Crippen LogP contribution < -0.4 is 19.6 Å². The number of hydrogen-bond acceptors (Lipinski definition) is 7. The second-order valence-electron chi connectivity index (χ2n) is 7.28. The Morgan fingerprint density at radius 3 is 2.53 bits per heavy atom. The van der Waals surface area contributed by atoms with Crippen LogP contribution in [0, 0.1) is 0 Å². The Morgan fingerprint density at radius 1 is 0.882 bits per heavy atom. The summed E-state index contributed by atoms with van der Waals surface area (Å²) in [6.07, 6.45) is 1.75. The summed E-state index contributed by atoms with van der Waals surface area (Å²) >= 11 is 1.52.